The molecule has 3 fully saturated rings. The summed E-state index contributed by atoms with van der Waals surface area (Å²) in [5.41, 5.74) is 2.98. The van der Waals surface area contributed by atoms with E-state index in [0.717, 1.165) is 101 Å². The lowest BCUT2D eigenvalue weighted by molar-refractivity contribution is 0.00791. The smallest absolute Gasteiger partial charge is 0.229 e. The van der Waals surface area contributed by atoms with Crippen molar-refractivity contribution < 1.29 is 9.47 Å². The predicted octanol–water partition coefficient (Wildman–Crippen LogP) is 4.19. The number of aromatic nitrogens is 5. The molecule has 10 heteroatoms. The molecular weight excluding hydrogens is 468 g/mol. The summed E-state index contributed by atoms with van der Waals surface area (Å²) < 4.78 is 15.4. The summed E-state index contributed by atoms with van der Waals surface area (Å²) in [5, 5.41) is 11.8. The molecule has 2 aliphatic heterocycles. The van der Waals surface area contributed by atoms with Gasteiger partial charge in [-0.2, -0.15) is 10.1 Å². The van der Waals surface area contributed by atoms with Crippen LogP contribution < -0.4 is 10.6 Å². The molecule has 2 N–H and O–H groups in total. The van der Waals surface area contributed by atoms with Crippen LogP contribution in [0, 0.1) is 0 Å². The highest BCUT2D eigenvalue weighted by atomic mass is 16.5. The van der Waals surface area contributed by atoms with Gasteiger partial charge >= 0.3 is 0 Å². The van der Waals surface area contributed by atoms with Gasteiger partial charge in [0.25, 0.3) is 0 Å². The quantitative estimate of drug-likeness (QED) is 0.468. The normalized spacial score (nSPS) is 23.9. The van der Waals surface area contributed by atoms with Gasteiger partial charge in [0.05, 0.1) is 36.7 Å². The maximum atomic E-state index is 5.55. The van der Waals surface area contributed by atoms with Crippen LogP contribution in [-0.4, -0.2) is 80.8 Å². The number of hydrogen-bond acceptors (Lipinski definition) is 8. The van der Waals surface area contributed by atoms with Crippen LogP contribution in [0.15, 0.2) is 24.7 Å². The van der Waals surface area contributed by atoms with Crippen molar-refractivity contribution in [1.29, 1.82) is 0 Å². The lowest BCUT2D eigenvalue weighted by Crippen LogP contribution is -2.46. The molecule has 0 amide bonds. The van der Waals surface area contributed by atoms with E-state index >= 15 is 0 Å². The van der Waals surface area contributed by atoms with E-state index in [2.05, 4.69) is 50.6 Å². The van der Waals surface area contributed by atoms with Gasteiger partial charge in [-0.15, -0.1) is 0 Å². The van der Waals surface area contributed by atoms with Gasteiger partial charge in [0, 0.05) is 57.3 Å². The Labute approximate surface area is 218 Å². The number of aryl methyl sites for hydroxylation is 1. The van der Waals surface area contributed by atoms with Crippen LogP contribution in [0.1, 0.15) is 57.9 Å². The van der Waals surface area contributed by atoms with Crippen molar-refractivity contribution >= 4 is 28.5 Å². The van der Waals surface area contributed by atoms with E-state index in [1.165, 1.54) is 12.8 Å². The SMILES string of the molecule is CCCn1ccc2nc(Nc3cnn(C4CCOCC4)c3)nc(N[C@H]3CC[C@H](N4CCOCC4)CC3)c21. The van der Waals surface area contributed by atoms with Crippen molar-refractivity contribution in [3.8, 4) is 0 Å². The molecular formula is C27H40N8O2. The van der Waals surface area contributed by atoms with Gasteiger partial charge in [-0.3, -0.25) is 9.58 Å². The van der Waals surface area contributed by atoms with E-state index in [9.17, 15) is 0 Å². The summed E-state index contributed by atoms with van der Waals surface area (Å²) in [7, 11) is 0. The van der Waals surface area contributed by atoms with Crippen molar-refractivity contribution in [1.82, 2.24) is 29.2 Å². The van der Waals surface area contributed by atoms with E-state index in [1.54, 1.807) is 0 Å². The summed E-state index contributed by atoms with van der Waals surface area (Å²) in [6.45, 7) is 8.63. The molecule has 0 atom stereocenters. The summed E-state index contributed by atoms with van der Waals surface area (Å²) in [5.74, 6) is 1.54. The fraction of sp³-hybridized carbons (Fsp3) is 0.667. The first-order chi connectivity index (χ1) is 18.3. The fourth-order valence-corrected chi connectivity index (χ4v) is 6.09. The Morgan fingerprint density at radius 3 is 2.51 bits per heavy atom. The van der Waals surface area contributed by atoms with Gasteiger partial charge in [0.2, 0.25) is 5.95 Å². The highest BCUT2D eigenvalue weighted by molar-refractivity contribution is 5.88. The third kappa shape index (κ3) is 5.61. The van der Waals surface area contributed by atoms with Gasteiger partial charge in [0.1, 0.15) is 5.52 Å². The molecule has 3 aromatic rings. The maximum Gasteiger partial charge on any atom is 0.229 e. The van der Waals surface area contributed by atoms with E-state index in [1.807, 2.05) is 10.9 Å². The number of anilines is 3. The van der Waals surface area contributed by atoms with Crippen LogP contribution in [0.4, 0.5) is 17.5 Å². The molecule has 0 bridgehead atoms. The Balaban J connectivity index is 1.18. The molecule has 5 heterocycles. The standard InChI is InChI=1S/C27H40N8O2/c1-2-10-34-11-7-24-25(34)26(29-20-3-5-22(6-4-20)33-12-16-37-17-13-33)32-27(31-24)30-21-18-28-35(19-21)23-8-14-36-15-9-23/h7,11,18-20,22-23H,2-6,8-10,12-17H2,1H3,(H2,29,30,31,32)/t20-,22-. The fourth-order valence-electron chi connectivity index (χ4n) is 6.09. The molecule has 3 aliphatic rings. The molecule has 1 saturated carbocycles. The van der Waals surface area contributed by atoms with Crippen LogP contribution in [0.3, 0.4) is 0 Å². The molecule has 0 aromatic carbocycles. The average molecular weight is 509 g/mol. The van der Waals surface area contributed by atoms with Gasteiger partial charge < -0.3 is 24.7 Å². The van der Waals surface area contributed by atoms with Crippen molar-refractivity contribution in [3.63, 3.8) is 0 Å². The lowest BCUT2D eigenvalue weighted by Gasteiger charge is -2.39. The molecule has 200 valence electrons. The third-order valence-corrected chi connectivity index (χ3v) is 8.10. The zero-order valence-corrected chi connectivity index (χ0v) is 21.9. The highest BCUT2D eigenvalue weighted by Gasteiger charge is 2.28. The Bertz CT molecular complexity index is 1160. The van der Waals surface area contributed by atoms with Crippen molar-refractivity contribution in [3.05, 3.63) is 24.7 Å². The number of rotatable bonds is 8. The van der Waals surface area contributed by atoms with Gasteiger partial charge in [-0.05, 0) is 51.0 Å². The molecule has 0 unspecified atom stereocenters. The number of morpholine rings is 1. The van der Waals surface area contributed by atoms with Gasteiger partial charge in [-0.1, -0.05) is 6.92 Å². The molecule has 1 aliphatic carbocycles. The summed E-state index contributed by atoms with van der Waals surface area (Å²) in [6, 6.07) is 3.59. The number of ether oxygens (including phenoxy) is 2. The topological polar surface area (TPSA) is 94.3 Å². The minimum Gasteiger partial charge on any atom is -0.381 e. The third-order valence-electron chi connectivity index (χ3n) is 8.10. The van der Waals surface area contributed by atoms with Crippen LogP contribution in [-0.2, 0) is 16.0 Å². The first-order valence-corrected chi connectivity index (χ1v) is 14.1. The first-order valence-electron chi connectivity index (χ1n) is 14.1. The highest BCUT2D eigenvalue weighted by Crippen LogP contribution is 2.30. The summed E-state index contributed by atoms with van der Waals surface area (Å²) >= 11 is 0. The lowest BCUT2D eigenvalue weighted by atomic mass is 9.90. The minimum absolute atomic E-state index is 0.389. The first kappa shape index (κ1) is 24.6. The molecule has 10 nitrogen and oxygen atoms in total. The van der Waals surface area contributed by atoms with Crippen LogP contribution in [0.2, 0.25) is 0 Å². The largest absolute Gasteiger partial charge is 0.381 e. The Morgan fingerprint density at radius 1 is 0.946 bits per heavy atom. The Kier molecular flexibility index (Phi) is 7.57. The molecule has 0 radical (unpaired) electrons. The number of nitrogens with zero attached hydrogens (tertiary/aromatic N) is 6. The summed E-state index contributed by atoms with van der Waals surface area (Å²) in [6.07, 6.45) is 13.9. The maximum absolute atomic E-state index is 5.55. The van der Waals surface area contributed by atoms with E-state index < -0.39 is 0 Å². The molecule has 0 spiro atoms. The van der Waals surface area contributed by atoms with Crippen molar-refractivity contribution in [2.75, 3.05) is 50.2 Å². The van der Waals surface area contributed by atoms with Gasteiger partial charge in [0.15, 0.2) is 5.82 Å². The number of hydrogen-bond donors (Lipinski definition) is 2. The predicted molar refractivity (Wildman–Crippen MR) is 144 cm³/mol. The van der Waals surface area contributed by atoms with Gasteiger partial charge in [-0.25, -0.2) is 4.98 Å². The molecule has 2 saturated heterocycles. The van der Waals surface area contributed by atoms with E-state index in [-0.39, 0.29) is 0 Å². The Morgan fingerprint density at radius 2 is 1.73 bits per heavy atom. The average Bonchev–Trinajstić information content (AvgIpc) is 3.58. The zero-order chi connectivity index (χ0) is 25.0. The zero-order valence-electron chi connectivity index (χ0n) is 21.9. The number of nitrogens with one attached hydrogen (secondary N) is 2. The monoisotopic (exact) mass is 508 g/mol. The van der Waals surface area contributed by atoms with Crippen molar-refractivity contribution in [2.45, 2.75) is 76.5 Å². The second-order valence-electron chi connectivity index (χ2n) is 10.6. The van der Waals surface area contributed by atoms with Crippen molar-refractivity contribution in [2.24, 2.45) is 0 Å². The second-order valence-corrected chi connectivity index (χ2v) is 10.6. The number of fused-ring (bicyclic) bond motifs is 1. The van der Waals surface area contributed by atoms with Crippen LogP contribution in [0.25, 0.3) is 11.0 Å². The van der Waals surface area contributed by atoms with E-state index in [4.69, 9.17) is 19.4 Å². The molecule has 37 heavy (non-hydrogen) atoms. The molecule has 6 rings (SSSR count). The summed E-state index contributed by atoms with van der Waals surface area (Å²) in [4.78, 5) is 12.5. The van der Waals surface area contributed by atoms with Crippen LogP contribution in [0.5, 0.6) is 0 Å². The molecule has 3 aromatic heterocycles. The second kappa shape index (κ2) is 11.4. The Hall–Kier alpha value is -2.69. The van der Waals surface area contributed by atoms with E-state index in [0.29, 0.717) is 24.1 Å². The van der Waals surface area contributed by atoms with Crippen LogP contribution >= 0.6 is 0 Å². The minimum atomic E-state index is 0.389.